The zero-order valence-electron chi connectivity index (χ0n) is 20.8. The number of para-hydroxylation sites is 2. The summed E-state index contributed by atoms with van der Waals surface area (Å²) in [6, 6.07) is 13.8. The number of imidazole rings is 1. The van der Waals surface area contributed by atoms with E-state index in [9.17, 15) is 18.0 Å². The molecule has 0 aliphatic carbocycles. The van der Waals surface area contributed by atoms with Crippen molar-refractivity contribution < 1.29 is 27.9 Å². The lowest BCUT2D eigenvalue weighted by Crippen LogP contribution is -2.28. The summed E-state index contributed by atoms with van der Waals surface area (Å²) in [6.07, 6.45) is 0.750. The zero-order valence-corrected chi connectivity index (χ0v) is 21.6. The fourth-order valence-corrected chi connectivity index (χ4v) is 5.07. The van der Waals surface area contributed by atoms with Crippen LogP contribution in [0, 0.1) is 5.92 Å². The van der Waals surface area contributed by atoms with E-state index in [4.69, 9.17) is 9.90 Å². The van der Waals surface area contributed by atoms with Crippen molar-refractivity contribution in [1.82, 2.24) is 24.8 Å². The Labute approximate surface area is 226 Å². The molecule has 1 amide bonds. The van der Waals surface area contributed by atoms with E-state index in [0.29, 0.717) is 24.1 Å². The number of amides is 1. The van der Waals surface area contributed by atoms with Gasteiger partial charge in [0, 0.05) is 36.7 Å². The van der Waals surface area contributed by atoms with Crippen LogP contribution in [0.15, 0.2) is 54.0 Å². The number of nitrogens with zero attached hydrogens (tertiary/aromatic N) is 4. The molecule has 0 unspecified atom stereocenters. The lowest BCUT2D eigenvalue weighted by molar-refractivity contribution is -0.192. The monoisotopic (exact) mass is 560 g/mol. The number of pyridine rings is 1. The number of anilines is 1. The van der Waals surface area contributed by atoms with Crippen molar-refractivity contribution in [1.29, 1.82) is 0 Å². The average Bonchev–Trinajstić information content (AvgIpc) is 3.53. The number of aliphatic carboxylic acids is 1. The first-order chi connectivity index (χ1) is 18.7. The molecule has 0 atom stereocenters. The number of carbonyl (C=O) groups is 2. The van der Waals surface area contributed by atoms with E-state index in [1.165, 1.54) is 12.8 Å². The highest BCUT2D eigenvalue weighted by molar-refractivity contribution is 7.09. The van der Waals surface area contributed by atoms with Gasteiger partial charge in [-0.2, -0.15) is 13.2 Å². The van der Waals surface area contributed by atoms with Crippen LogP contribution in [-0.2, 0) is 24.2 Å². The molecule has 1 fully saturated rings. The van der Waals surface area contributed by atoms with Gasteiger partial charge >= 0.3 is 12.1 Å². The summed E-state index contributed by atoms with van der Waals surface area (Å²) in [5, 5.41) is 16.4. The van der Waals surface area contributed by atoms with Gasteiger partial charge in [0.25, 0.3) is 5.91 Å². The van der Waals surface area contributed by atoms with Crippen LogP contribution in [-0.4, -0.2) is 55.8 Å². The number of carbonyl (C=O) groups excluding carboxylic acids is 1. The molecule has 1 aliphatic rings. The summed E-state index contributed by atoms with van der Waals surface area (Å²) in [4.78, 5) is 35.6. The molecule has 3 aromatic heterocycles. The third kappa shape index (κ3) is 7.83. The quantitative estimate of drug-likeness (QED) is 0.303. The molecule has 9 nitrogen and oxygen atoms in total. The molecule has 3 N–H and O–H groups in total. The molecular formula is C26H27F3N6O3S. The fourth-order valence-electron chi connectivity index (χ4n) is 4.18. The Morgan fingerprint density at radius 1 is 1.10 bits per heavy atom. The SMILES string of the molecule is O=C(Nc1nc2ccccc2n1CCc1ccccn1)c1csc(CC2CCNCC2)n1.O=C(O)C(F)(F)F. The molecule has 4 heterocycles. The Balaban J connectivity index is 0.000000448. The van der Waals surface area contributed by atoms with Crippen molar-refractivity contribution in [3.8, 4) is 0 Å². The van der Waals surface area contributed by atoms with Gasteiger partial charge in [-0.05, 0) is 56.1 Å². The highest BCUT2D eigenvalue weighted by Gasteiger charge is 2.38. The van der Waals surface area contributed by atoms with Crippen molar-refractivity contribution in [2.24, 2.45) is 5.92 Å². The molecule has 4 aromatic rings. The normalized spacial score (nSPS) is 14.0. The molecule has 206 valence electrons. The number of alkyl halides is 3. The topological polar surface area (TPSA) is 122 Å². The van der Waals surface area contributed by atoms with Gasteiger partial charge in [-0.25, -0.2) is 14.8 Å². The number of hydrogen-bond donors (Lipinski definition) is 3. The van der Waals surface area contributed by atoms with Gasteiger partial charge in [-0.15, -0.1) is 11.3 Å². The third-order valence-corrected chi connectivity index (χ3v) is 7.02. The van der Waals surface area contributed by atoms with E-state index in [2.05, 4.69) is 25.6 Å². The number of thiazole rings is 1. The minimum atomic E-state index is -5.08. The number of halogens is 3. The smallest absolute Gasteiger partial charge is 0.475 e. The Morgan fingerprint density at radius 3 is 2.51 bits per heavy atom. The van der Waals surface area contributed by atoms with Crippen molar-refractivity contribution >= 4 is 40.2 Å². The Bertz CT molecular complexity index is 1400. The number of piperidine rings is 1. The maximum Gasteiger partial charge on any atom is 0.490 e. The van der Waals surface area contributed by atoms with Crippen molar-refractivity contribution in [3.05, 3.63) is 70.4 Å². The molecular weight excluding hydrogens is 533 g/mol. The van der Waals surface area contributed by atoms with Crippen LogP contribution < -0.4 is 10.6 Å². The number of benzene rings is 1. The molecule has 5 rings (SSSR count). The second kappa shape index (κ2) is 12.8. The van der Waals surface area contributed by atoms with Gasteiger partial charge < -0.3 is 15.0 Å². The predicted molar refractivity (Wildman–Crippen MR) is 141 cm³/mol. The van der Waals surface area contributed by atoms with E-state index in [0.717, 1.165) is 47.7 Å². The van der Waals surface area contributed by atoms with E-state index in [1.807, 2.05) is 52.4 Å². The number of aryl methyl sites for hydroxylation is 2. The van der Waals surface area contributed by atoms with Crippen molar-refractivity contribution in [2.45, 2.75) is 38.4 Å². The molecule has 1 aliphatic heterocycles. The summed E-state index contributed by atoms with van der Waals surface area (Å²) < 4.78 is 33.8. The Morgan fingerprint density at radius 2 is 1.82 bits per heavy atom. The van der Waals surface area contributed by atoms with Gasteiger partial charge in [0.2, 0.25) is 5.95 Å². The first-order valence-corrected chi connectivity index (χ1v) is 13.2. The molecule has 0 radical (unpaired) electrons. The maximum absolute atomic E-state index is 13.0. The van der Waals surface area contributed by atoms with E-state index < -0.39 is 12.1 Å². The maximum atomic E-state index is 13.0. The summed E-state index contributed by atoms with van der Waals surface area (Å²) in [5.41, 5.74) is 3.31. The van der Waals surface area contributed by atoms with Crippen molar-refractivity contribution in [3.63, 3.8) is 0 Å². The van der Waals surface area contributed by atoms with Gasteiger partial charge in [0.05, 0.1) is 16.0 Å². The van der Waals surface area contributed by atoms with Crippen LogP contribution in [0.1, 0.15) is 34.0 Å². The highest BCUT2D eigenvalue weighted by atomic mass is 32.1. The number of rotatable bonds is 7. The zero-order chi connectivity index (χ0) is 27.8. The van der Waals surface area contributed by atoms with Crippen LogP contribution in [0.2, 0.25) is 0 Å². The van der Waals surface area contributed by atoms with Crippen LogP contribution in [0.4, 0.5) is 19.1 Å². The minimum Gasteiger partial charge on any atom is -0.475 e. The summed E-state index contributed by atoms with van der Waals surface area (Å²) in [7, 11) is 0. The minimum absolute atomic E-state index is 0.216. The number of aromatic nitrogens is 4. The van der Waals surface area contributed by atoms with Crippen LogP contribution in [0.25, 0.3) is 11.0 Å². The number of carboxylic acid groups (broad SMARTS) is 1. The largest absolute Gasteiger partial charge is 0.490 e. The van der Waals surface area contributed by atoms with Gasteiger partial charge in [0.1, 0.15) is 5.69 Å². The first-order valence-electron chi connectivity index (χ1n) is 12.3. The number of fused-ring (bicyclic) bond motifs is 1. The van der Waals surface area contributed by atoms with E-state index >= 15 is 0 Å². The molecule has 0 spiro atoms. The average molecular weight is 561 g/mol. The summed E-state index contributed by atoms with van der Waals surface area (Å²) >= 11 is 1.57. The summed E-state index contributed by atoms with van der Waals surface area (Å²) in [5.74, 6) is -1.78. The van der Waals surface area contributed by atoms with Crippen LogP contribution in [0.3, 0.4) is 0 Å². The molecule has 0 bridgehead atoms. The predicted octanol–water partition coefficient (Wildman–Crippen LogP) is 4.56. The lowest BCUT2D eigenvalue weighted by atomic mass is 9.95. The van der Waals surface area contributed by atoms with E-state index in [1.54, 1.807) is 17.5 Å². The molecule has 1 aromatic carbocycles. The van der Waals surface area contributed by atoms with E-state index in [-0.39, 0.29) is 5.91 Å². The number of carboxylic acids is 1. The van der Waals surface area contributed by atoms with Crippen LogP contribution in [0.5, 0.6) is 0 Å². The van der Waals surface area contributed by atoms with Gasteiger partial charge in [-0.3, -0.25) is 15.1 Å². The van der Waals surface area contributed by atoms with Crippen molar-refractivity contribution in [2.75, 3.05) is 18.4 Å². The van der Waals surface area contributed by atoms with Crippen LogP contribution >= 0.6 is 11.3 Å². The molecule has 0 saturated carbocycles. The number of hydrogen-bond acceptors (Lipinski definition) is 7. The second-order valence-corrected chi connectivity index (χ2v) is 9.87. The Hall–Kier alpha value is -3.84. The van der Waals surface area contributed by atoms with Gasteiger partial charge in [-0.1, -0.05) is 18.2 Å². The number of nitrogens with one attached hydrogen (secondary N) is 2. The molecule has 13 heteroatoms. The molecule has 1 saturated heterocycles. The molecule has 39 heavy (non-hydrogen) atoms. The first kappa shape index (κ1) is 28.2. The third-order valence-electron chi connectivity index (χ3n) is 6.15. The van der Waals surface area contributed by atoms with Gasteiger partial charge in [0.15, 0.2) is 0 Å². The second-order valence-electron chi connectivity index (χ2n) is 8.93. The lowest BCUT2D eigenvalue weighted by Gasteiger charge is -2.21. The standard InChI is InChI=1S/C24H26N6OS.C2HF3O2/c31-23(20-16-32-22(27-20)15-17-8-12-25-13-9-17)29-24-28-19-6-1-2-7-21(19)30(24)14-10-18-5-3-4-11-26-18;3-2(4,5)1(6)7/h1-7,11,16-17,25H,8-10,12-15H2,(H,28,29,31);(H,6,7). The fraction of sp³-hybridized carbons (Fsp3) is 0.346. The summed E-state index contributed by atoms with van der Waals surface area (Å²) in [6.45, 7) is 2.81. The Kier molecular flexibility index (Phi) is 9.25. The highest BCUT2D eigenvalue weighted by Crippen LogP contribution is 2.23.